The SMILES string of the molecule is CN1C=CC=CC1C12C=C3C=CC(=N3)C=c3ccc([nH]3)=CC3=NC(=CC(=C(c4ccccc4)C1)N2)C=C3. The highest BCUT2D eigenvalue weighted by atomic mass is 15.2. The molecule has 5 aliphatic rings. The normalized spacial score (nSPS) is 25.3. The summed E-state index contributed by atoms with van der Waals surface area (Å²) in [5.41, 5.74) is 6.95. The van der Waals surface area contributed by atoms with Crippen molar-refractivity contribution in [2.24, 2.45) is 9.98 Å². The maximum Gasteiger partial charge on any atom is 0.0860 e. The second kappa shape index (κ2) is 8.49. The molecule has 180 valence electrons. The van der Waals surface area contributed by atoms with E-state index < -0.39 is 5.54 Å². The molecule has 0 aliphatic carbocycles. The van der Waals surface area contributed by atoms with Crippen LogP contribution in [0.4, 0.5) is 0 Å². The number of hydrogen-bond acceptors (Lipinski definition) is 4. The fourth-order valence-electron chi connectivity index (χ4n) is 5.69. The average Bonchev–Trinajstić information content (AvgIpc) is 3.70. The molecule has 5 aliphatic heterocycles. The van der Waals surface area contributed by atoms with Crippen molar-refractivity contribution < 1.29 is 0 Å². The summed E-state index contributed by atoms with van der Waals surface area (Å²) in [6.07, 6.45) is 26.5. The van der Waals surface area contributed by atoms with Crippen LogP contribution in [0.2, 0.25) is 0 Å². The quantitative estimate of drug-likeness (QED) is 0.684. The number of allylic oxidation sites excluding steroid dienone is 7. The third-order valence-electron chi connectivity index (χ3n) is 7.38. The topological polar surface area (TPSA) is 55.8 Å². The molecule has 2 atom stereocenters. The van der Waals surface area contributed by atoms with E-state index in [2.05, 4.69) is 138 Å². The van der Waals surface area contributed by atoms with Gasteiger partial charge in [-0.25, -0.2) is 9.98 Å². The Bertz CT molecular complexity index is 1680. The highest BCUT2D eigenvalue weighted by Gasteiger charge is 2.44. The van der Waals surface area contributed by atoms with Gasteiger partial charge in [-0.05, 0) is 84.2 Å². The first-order chi connectivity index (χ1) is 18.1. The second-order valence-corrected chi connectivity index (χ2v) is 9.97. The first kappa shape index (κ1) is 21.6. The van der Waals surface area contributed by atoms with Crippen LogP contribution in [0.25, 0.3) is 17.7 Å². The lowest BCUT2D eigenvalue weighted by Crippen LogP contribution is -2.54. The minimum atomic E-state index is -0.399. The Labute approximate surface area is 216 Å². The van der Waals surface area contributed by atoms with Crippen molar-refractivity contribution in [1.82, 2.24) is 15.2 Å². The van der Waals surface area contributed by atoms with Crippen molar-refractivity contribution in [1.29, 1.82) is 0 Å². The summed E-state index contributed by atoms with van der Waals surface area (Å²) in [7, 11) is 2.14. The highest BCUT2D eigenvalue weighted by molar-refractivity contribution is 6.20. The fourth-order valence-corrected chi connectivity index (χ4v) is 5.69. The lowest BCUT2D eigenvalue weighted by molar-refractivity contribution is 0.260. The summed E-state index contributed by atoms with van der Waals surface area (Å²) in [6.45, 7) is 0. The van der Waals surface area contributed by atoms with Crippen molar-refractivity contribution in [2.75, 3.05) is 7.05 Å². The van der Waals surface area contributed by atoms with Crippen LogP contribution in [0.15, 0.2) is 130 Å². The number of fused-ring (bicyclic) bond motifs is 6. The van der Waals surface area contributed by atoms with Crippen LogP contribution < -0.4 is 16.0 Å². The number of rotatable bonds is 2. The van der Waals surface area contributed by atoms with Crippen molar-refractivity contribution in [3.05, 3.63) is 137 Å². The smallest absolute Gasteiger partial charge is 0.0860 e. The van der Waals surface area contributed by atoms with E-state index in [0.29, 0.717) is 0 Å². The second-order valence-electron chi connectivity index (χ2n) is 9.97. The Hall–Kier alpha value is -4.64. The first-order valence-electron chi connectivity index (χ1n) is 12.6. The van der Waals surface area contributed by atoms with Crippen LogP contribution in [0.1, 0.15) is 12.0 Å². The van der Waals surface area contributed by atoms with E-state index in [1.165, 1.54) is 11.1 Å². The molecule has 0 fully saturated rings. The number of aromatic nitrogens is 1. The van der Waals surface area contributed by atoms with Crippen LogP contribution in [0.5, 0.6) is 0 Å². The Morgan fingerprint density at radius 1 is 0.838 bits per heavy atom. The lowest BCUT2D eigenvalue weighted by atomic mass is 9.82. The van der Waals surface area contributed by atoms with E-state index in [1.807, 2.05) is 0 Å². The first-order valence-corrected chi connectivity index (χ1v) is 12.6. The molecular weight excluding hydrogens is 454 g/mol. The summed E-state index contributed by atoms with van der Waals surface area (Å²) >= 11 is 0. The molecular formula is C32H27N5. The molecule has 5 nitrogen and oxygen atoms in total. The Kier molecular flexibility index (Phi) is 4.96. The molecule has 2 N–H and O–H groups in total. The minimum absolute atomic E-state index is 0.104. The molecule has 6 heterocycles. The number of aromatic amines is 1. The van der Waals surface area contributed by atoms with Crippen LogP contribution in [-0.2, 0) is 0 Å². The van der Waals surface area contributed by atoms with Gasteiger partial charge in [0, 0.05) is 29.9 Å². The summed E-state index contributed by atoms with van der Waals surface area (Å²) in [6, 6.07) is 14.9. The molecule has 1 aromatic heterocycles. The van der Waals surface area contributed by atoms with Crippen LogP contribution in [0.3, 0.4) is 0 Å². The Morgan fingerprint density at radius 3 is 2.32 bits per heavy atom. The fraction of sp³-hybridized carbons (Fsp3) is 0.125. The zero-order valence-corrected chi connectivity index (χ0v) is 20.6. The van der Waals surface area contributed by atoms with Gasteiger partial charge in [-0.15, -0.1) is 0 Å². The molecule has 5 heteroatoms. The summed E-state index contributed by atoms with van der Waals surface area (Å²) in [4.78, 5) is 15.6. The summed E-state index contributed by atoms with van der Waals surface area (Å²) in [5.74, 6) is 0. The van der Waals surface area contributed by atoms with Crippen LogP contribution in [0, 0.1) is 0 Å². The monoisotopic (exact) mass is 481 g/mol. The van der Waals surface area contributed by atoms with E-state index >= 15 is 0 Å². The maximum absolute atomic E-state index is 4.98. The number of nitrogens with zero attached hydrogens (tertiary/aromatic N) is 3. The zero-order valence-electron chi connectivity index (χ0n) is 20.6. The van der Waals surface area contributed by atoms with Crippen molar-refractivity contribution in [3.63, 3.8) is 0 Å². The van der Waals surface area contributed by atoms with Gasteiger partial charge in [0.25, 0.3) is 0 Å². The molecule has 0 saturated heterocycles. The van der Waals surface area contributed by atoms with Gasteiger partial charge < -0.3 is 15.2 Å². The van der Waals surface area contributed by atoms with Crippen molar-refractivity contribution >= 4 is 29.1 Å². The highest BCUT2D eigenvalue weighted by Crippen LogP contribution is 2.42. The Morgan fingerprint density at radius 2 is 1.57 bits per heavy atom. The van der Waals surface area contributed by atoms with Gasteiger partial charge in [0.1, 0.15) is 0 Å². The molecule has 2 unspecified atom stereocenters. The van der Waals surface area contributed by atoms with Crippen molar-refractivity contribution in [3.8, 4) is 0 Å². The summed E-state index contributed by atoms with van der Waals surface area (Å²) in [5, 5.41) is 6.01. The van der Waals surface area contributed by atoms with E-state index in [0.717, 1.165) is 45.6 Å². The van der Waals surface area contributed by atoms with Crippen LogP contribution >= 0.6 is 0 Å². The molecule has 1 aromatic carbocycles. The predicted molar refractivity (Wildman–Crippen MR) is 152 cm³/mol. The van der Waals surface area contributed by atoms with E-state index in [4.69, 9.17) is 9.98 Å². The van der Waals surface area contributed by atoms with Gasteiger partial charge in [0.2, 0.25) is 0 Å². The maximum atomic E-state index is 4.98. The molecule has 37 heavy (non-hydrogen) atoms. The number of H-pyrrole nitrogens is 1. The largest absolute Gasteiger partial charge is 0.373 e. The van der Waals surface area contributed by atoms with Crippen LogP contribution in [-0.4, -0.2) is 39.9 Å². The molecule has 2 aromatic rings. The number of benzene rings is 1. The standard InChI is InChI=1S/C32H27N5/c1-37-16-6-5-9-31(37)32-20-28-15-14-26(35-28)18-24-11-10-23(33-24)17-25-12-13-27(34-25)19-30(36-32)29(21-32)22-7-3-2-4-8-22/h2-20,31,33,36H,21H2,1H3. The zero-order chi connectivity index (χ0) is 24.8. The lowest BCUT2D eigenvalue weighted by Gasteiger charge is -2.41. The third kappa shape index (κ3) is 3.99. The average molecular weight is 482 g/mol. The molecule has 7 rings (SSSR count). The van der Waals surface area contributed by atoms with Gasteiger partial charge in [-0.2, -0.15) is 0 Å². The number of hydrogen-bond donors (Lipinski definition) is 2. The molecule has 0 radical (unpaired) electrons. The van der Waals surface area contributed by atoms with Gasteiger partial charge in [0.15, 0.2) is 0 Å². The molecule has 0 saturated carbocycles. The summed E-state index contributed by atoms with van der Waals surface area (Å²) < 4.78 is 0. The third-order valence-corrected chi connectivity index (χ3v) is 7.38. The molecule has 0 spiro atoms. The van der Waals surface area contributed by atoms with Gasteiger partial charge in [-0.3, -0.25) is 0 Å². The molecule has 0 amide bonds. The predicted octanol–water partition coefficient (Wildman–Crippen LogP) is 3.91. The van der Waals surface area contributed by atoms with Gasteiger partial charge in [-0.1, -0.05) is 42.5 Å². The molecule has 8 bridgehead atoms. The minimum Gasteiger partial charge on any atom is -0.373 e. The van der Waals surface area contributed by atoms with Gasteiger partial charge in [0.05, 0.1) is 34.4 Å². The van der Waals surface area contributed by atoms with E-state index in [1.54, 1.807) is 0 Å². The van der Waals surface area contributed by atoms with Gasteiger partial charge >= 0.3 is 0 Å². The van der Waals surface area contributed by atoms with Crippen molar-refractivity contribution in [2.45, 2.75) is 18.0 Å². The number of likely N-dealkylation sites (N-methyl/N-ethyl adjacent to an activating group) is 1. The number of nitrogens with one attached hydrogen (secondary N) is 2. The number of aliphatic imine (C=N–C) groups is 2. The van der Waals surface area contributed by atoms with E-state index in [-0.39, 0.29) is 6.04 Å². The Balaban J connectivity index is 1.45. The van der Waals surface area contributed by atoms with E-state index in [9.17, 15) is 0 Å².